The van der Waals surface area contributed by atoms with Crippen LogP contribution in [-0.2, 0) is 20.7 Å². The van der Waals surface area contributed by atoms with Crippen LogP contribution in [0.15, 0.2) is 0 Å². The molecule has 1 heterocycles. The van der Waals surface area contributed by atoms with Gasteiger partial charge < -0.3 is 23.7 Å². The molecule has 1 aliphatic heterocycles. The zero-order valence-electron chi connectivity index (χ0n) is 17.6. The Kier molecular flexibility index (Phi) is 7.16. The lowest BCUT2D eigenvalue weighted by Gasteiger charge is -2.24. The van der Waals surface area contributed by atoms with Crippen LogP contribution in [0, 0.1) is 6.92 Å². The molecule has 0 aromatic heterocycles. The third-order valence-corrected chi connectivity index (χ3v) is 4.88. The summed E-state index contributed by atoms with van der Waals surface area (Å²) < 4.78 is 27.6. The van der Waals surface area contributed by atoms with E-state index in [1.54, 1.807) is 6.92 Å². The predicted molar refractivity (Wildman–Crippen MR) is 103 cm³/mol. The van der Waals surface area contributed by atoms with Gasteiger partial charge in [0.25, 0.3) is 0 Å². The number of rotatable bonds is 9. The molecule has 7 heteroatoms. The van der Waals surface area contributed by atoms with Gasteiger partial charge in [-0.3, -0.25) is 9.59 Å². The Bertz CT molecular complexity index is 741. The zero-order chi connectivity index (χ0) is 20.9. The highest BCUT2D eigenvalue weighted by Crippen LogP contribution is 2.54. The number of methoxy groups -OCH3 is 2. The van der Waals surface area contributed by atoms with Gasteiger partial charge in [-0.1, -0.05) is 0 Å². The highest BCUT2D eigenvalue weighted by Gasteiger charge is 2.40. The molecule has 0 bridgehead atoms. The van der Waals surface area contributed by atoms with Gasteiger partial charge in [0.15, 0.2) is 11.5 Å². The lowest BCUT2D eigenvalue weighted by atomic mass is 9.91. The van der Waals surface area contributed by atoms with Crippen molar-refractivity contribution in [1.29, 1.82) is 0 Å². The average molecular weight is 394 g/mol. The topological polar surface area (TPSA) is 80.3 Å². The van der Waals surface area contributed by atoms with E-state index in [0.717, 1.165) is 30.4 Å². The Balaban J connectivity index is 2.21. The second kappa shape index (κ2) is 9.17. The molecule has 1 aromatic carbocycles. The second-order valence-corrected chi connectivity index (χ2v) is 7.16. The lowest BCUT2D eigenvalue weighted by Crippen LogP contribution is -2.30. The highest BCUT2D eigenvalue weighted by molar-refractivity contribution is 5.75. The first-order valence-corrected chi connectivity index (χ1v) is 9.56. The molecule has 0 saturated heterocycles. The summed E-state index contributed by atoms with van der Waals surface area (Å²) >= 11 is 0. The van der Waals surface area contributed by atoms with Crippen molar-refractivity contribution in [2.75, 3.05) is 20.8 Å². The number of fused-ring (bicyclic) bond motifs is 1. The highest BCUT2D eigenvalue weighted by atomic mass is 16.6. The molecule has 0 N–H and O–H groups in total. The first kappa shape index (κ1) is 21.9. The van der Waals surface area contributed by atoms with Crippen LogP contribution in [0.5, 0.6) is 23.0 Å². The number of esters is 2. The Morgan fingerprint density at radius 1 is 1.11 bits per heavy atom. The molecule has 0 radical (unpaired) electrons. The van der Waals surface area contributed by atoms with E-state index in [4.69, 9.17) is 23.7 Å². The summed E-state index contributed by atoms with van der Waals surface area (Å²) in [5.41, 5.74) is 1.31. The van der Waals surface area contributed by atoms with Gasteiger partial charge in [-0.2, -0.15) is 0 Å². The van der Waals surface area contributed by atoms with Gasteiger partial charge in [0.2, 0.25) is 11.5 Å². The maximum atomic E-state index is 11.5. The minimum atomic E-state index is -0.436. The quantitative estimate of drug-likeness (QED) is 0.358. The Morgan fingerprint density at radius 2 is 1.79 bits per heavy atom. The first-order chi connectivity index (χ1) is 13.3. The number of unbranched alkanes of at least 4 members (excludes halogenated alkanes) is 1. The van der Waals surface area contributed by atoms with Crippen molar-refractivity contribution < 1.29 is 33.3 Å². The van der Waals surface area contributed by atoms with Crippen LogP contribution >= 0.6 is 0 Å². The third-order valence-electron chi connectivity index (χ3n) is 4.88. The Labute approximate surface area is 166 Å². The molecule has 1 aliphatic rings. The van der Waals surface area contributed by atoms with Gasteiger partial charge in [0, 0.05) is 30.9 Å². The Morgan fingerprint density at radius 3 is 2.36 bits per heavy atom. The molecule has 156 valence electrons. The van der Waals surface area contributed by atoms with Crippen molar-refractivity contribution in [2.45, 2.75) is 65.4 Å². The summed E-state index contributed by atoms with van der Waals surface area (Å²) in [4.78, 5) is 23.0. The maximum absolute atomic E-state index is 11.5. The molecule has 2 rings (SSSR count). The standard InChI is InChI=1S/C21H30O7/c1-7-26-16(23)10-8-9-11-21(4)12-15-13(2)17(27-14(3)22)19(24-5)20(25-6)18(15)28-21/h7-12H2,1-6H3. The van der Waals surface area contributed by atoms with Crippen molar-refractivity contribution in [3.63, 3.8) is 0 Å². The van der Waals surface area contributed by atoms with Crippen molar-refractivity contribution >= 4 is 11.9 Å². The molecule has 1 atom stereocenters. The van der Waals surface area contributed by atoms with Crippen LogP contribution in [-0.4, -0.2) is 38.4 Å². The molecule has 1 aromatic rings. The summed E-state index contributed by atoms with van der Waals surface area (Å²) in [5.74, 6) is 1.16. The summed E-state index contributed by atoms with van der Waals surface area (Å²) in [7, 11) is 3.03. The first-order valence-electron chi connectivity index (χ1n) is 9.56. The van der Waals surface area contributed by atoms with E-state index in [9.17, 15) is 9.59 Å². The van der Waals surface area contributed by atoms with Crippen molar-refractivity contribution in [2.24, 2.45) is 0 Å². The molecule has 0 aliphatic carbocycles. The molecule has 1 unspecified atom stereocenters. The molecule has 0 spiro atoms. The lowest BCUT2D eigenvalue weighted by molar-refractivity contribution is -0.143. The zero-order valence-corrected chi connectivity index (χ0v) is 17.6. The number of ether oxygens (including phenoxy) is 5. The van der Waals surface area contributed by atoms with Crippen molar-refractivity contribution in [3.8, 4) is 23.0 Å². The molecule has 0 amide bonds. The summed E-state index contributed by atoms with van der Waals surface area (Å²) in [6.07, 6.45) is 3.41. The number of benzene rings is 1. The summed E-state index contributed by atoms with van der Waals surface area (Å²) in [6, 6.07) is 0. The fourth-order valence-electron chi connectivity index (χ4n) is 3.58. The van der Waals surface area contributed by atoms with E-state index < -0.39 is 11.6 Å². The van der Waals surface area contributed by atoms with E-state index in [1.165, 1.54) is 21.1 Å². The maximum Gasteiger partial charge on any atom is 0.308 e. The minimum absolute atomic E-state index is 0.170. The van der Waals surface area contributed by atoms with Gasteiger partial charge in [0.05, 0.1) is 20.8 Å². The number of hydrogen-bond donors (Lipinski definition) is 0. The van der Waals surface area contributed by atoms with Crippen LogP contribution in [0.2, 0.25) is 0 Å². The average Bonchev–Trinajstić information content (AvgIpc) is 2.99. The third kappa shape index (κ3) is 4.69. The van der Waals surface area contributed by atoms with Crippen LogP contribution in [0.1, 0.15) is 57.6 Å². The fraction of sp³-hybridized carbons (Fsp3) is 0.619. The van der Waals surface area contributed by atoms with E-state index in [-0.39, 0.29) is 5.97 Å². The largest absolute Gasteiger partial charge is 0.490 e. The molecule has 0 fully saturated rings. The number of carbonyl (C=O) groups is 2. The SMILES string of the molecule is CCOC(=O)CCCCC1(C)Cc2c(C)c(OC(C)=O)c(OC)c(OC)c2O1. The monoisotopic (exact) mass is 394 g/mol. The summed E-state index contributed by atoms with van der Waals surface area (Å²) in [5, 5.41) is 0. The number of carbonyl (C=O) groups excluding carboxylic acids is 2. The van der Waals surface area contributed by atoms with Gasteiger partial charge in [-0.15, -0.1) is 0 Å². The van der Waals surface area contributed by atoms with E-state index in [0.29, 0.717) is 42.4 Å². The van der Waals surface area contributed by atoms with Gasteiger partial charge in [-0.25, -0.2) is 0 Å². The smallest absolute Gasteiger partial charge is 0.308 e. The van der Waals surface area contributed by atoms with Gasteiger partial charge in [-0.05, 0) is 40.0 Å². The summed E-state index contributed by atoms with van der Waals surface area (Å²) in [6.45, 7) is 7.48. The van der Waals surface area contributed by atoms with Crippen LogP contribution in [0.25, 0.3) is 0 Å². The number of hydrogen-bond acceptors (Lipinski definition) is 7. The normalized spacial score (nSPS) is 17.5. The second-order valence-electron chi connectivity index (χ2n) is 7.16. The van der Waals surface area contributed by atoms with E-state index >= 15 is 0 Å². The minimum Gasteiger partial charge on any atom is -0.490 e. The van der Waals surface area contributed by atoms with Crippen molar-refractivity contribution in [1.82, 2.24) is 0 Å². The van der Waals surface area contributed by atoms with Crippen LogP contribution in [0.3, 0.4) is 0 Å². The van der Waals surface area contributed by atoms with Crippen molar-refractivity contribution in [3.05, 3.63) is 11.1 Å². The molecular weight excluding hydrogens is 364 g/mol. The molecule has 0 saturated carbocycles. The van der Waals surface area contributed by atoms with E-state index in [1.807, 2.05) is 13.8 Å². The fourth-order valence-corrected chi connectivity index (χ4v) is 3.58. The Hall–Kier alpha value is -2.44. The van der Waals surface area contributed by atoms with Gasteiger partial charge in [0.1, 0.15) is 5.60 Å². The van der Waals surface area contributed by atoms with Crippen LogP contribution in [0.4, 0.5) is 0 Å². The predicted octanol–water partition coefficient (Wildman–Crippen LogP) is 3.75. The molecule has 7 nitrogen and oxygen atoms in total. The van der Waals surface area contributed by atoms with Gasteiger partial charge >= 0.3 is 11.9 Å². The van der Waals surface area contributed by atoms with Crippen LogP contribution < -0.4 is 18.9 Å². The molecular formula is C21H30O7. The van der Waals surface area contributed by atoms with E-state index in [2.05, 4.69) is 0 Å². The molecule has 28 heavy (non-hydrogen) atoms.